The zero-order valence-corrected chi connectivity index (χ0v) is 18.8. The lowest BCUT2D eigenvalue weighted by molar-refractivity contribution is 0.0671. The fourth-order valence-electron chi connectivity index (χ4n) is 3.53. The van der Waals surface area contributed by atoms with E-state index in [9.17, 15) is 4.39 Å². The van der Waals surface area contributed by atoms with E-state index in [1.807, 2.05) is 0 Å². The van der Waals surface area contributed by atoms with Gasteiger partial charge in [-0.1, -0.05) is 54.6 Å². The van der Waals surface area contributed by atoms with Gasteiger partial charge in [-0.05, 0) is 34.0 Å². The van der Waals surface area contributed by atoms with Gasteiger partial charge in [0.05, 0.1) is 19.3 Å². The molecule has 31 heavy (non-hydrogen) atoms. The summed E-state index contributed by atoms with van der Waals surface area (Å²) in [6, 6.07) is 21.2. The molecule has 0 bridgehead atoms. The van der Waals surface area contributed by atoms with E-state index in [0.717, 1.165) is 12.0 Å². The first-order valence-electron chi connectivity index (χ1n) is 10.4. The molecule has 0 saturated carbocycles. The number of ether oxygens (including phenoxy) is 4. The Morgan fingerprint density at radius 3 is 2.00 bits per heavy atom. The number of fused-ring (bicyclic) bond motifs is 1. The van der Waals surface area contributed by atoms with Crippen LogP contribution in [0.15, 0.2) is 66.7 Å². The smallest absolute Gasteiger partial charge is 0.123 e. The summed E-state index contributed by atoms with van der Waals surface area (Å²) >= 11 is 0. The second-order valence-electron chi connectivity index (χ2n) is 7.23. The maximum absolute atomic E-state index is 12.7. The van der Waals surface area contributed by atoms with Crippen molar-refractivity contribution in [2.24, 2.45) is 0 Å². The van der Waals surface area contributed by atoms with Gasteiger partial charge in [-0.15, -0.1) is 0 Å². The molecule has 0 fully saturated rings. The molecule has 0 heterocycles. The Morgan fingerprint density at radius 2 is 1.39 bits per heavy atom. The van der Waals surface area contributed by atoms with Crippen molar-refractivity contribution >= 4 is 10.8 Å². The van der Waals surface area contributed by atoms with Crippen LogP contribution in [0.3, 0.4) is 0 Å². The molecule has 0 N–H and O–H groups in total. The van der Waals surface area contributed by atoms with Gasteiger partial charge in [0.25, 0.3) is 0 Å². The van der Waals surface area contributed by atoms with Crippen LogP contribution in [-0.2, 0) is 18.9 Å². The molecule has 168 valence electrons. The zero-order valence-electron chi connectivity index (χ0n) is 18.8. The first-order chi connectivity index (χ1) is 15.1. The summed E-state index contributed by atoms with van der Waals surface area (Å²) in [6.45, 7) is 1.88. The molecular weight excluding hydrogens is 395 g/mol. The predicted molar refractivity (Wildman–Crippen MR) is 123 cm³/mol. The lowest BCUT2D eigenvalue weighted by atomic mass is 9.99. The fourth-order valence-corrected chi connectivity index (χ4v) is 3.53. The minimum atomic E-state index is -0.220. The third kappa shape index (κ3) is 7.71. The predicted octanol–water partition coefficient (Wildman–Crippen LogP) is 5.77. The van der Waals surface area contributed by atoms with E-state index in [0.29, 0.717) is 19.8 Å². The minimum absolute atomic E-state index is 0.0982. The Kier molecular flexibility index (Phi) is 11.2. The molecule has 0 aliphatic rings. The van der Waals surface area contributed by atoms with E-state index in [-0.39, 0.29) is 17.8 Å². The molecule has 0 aliphatic heterocycles. The molecule has 5 heteroatoms. The monoisotopic (exact) mass is 428 g/mol. The van der Waals surface area contributed by atoms with Crippen molar-refractivity contribution in [2.75, 3.05) is 48.3 Å². The maximum atomic E-state index is 12.7. The molecule has 0 aliphatic carbocycles. The Bertz CT molecular complexity index is 871. The van der Waals surface area contributed by atoms with Crippen LogP contribution in [0.5, 0.6) is 0 Å². The van der Waals surface area contributed by atoms with Crippen molar-refractivity contribution in [2.45, 2.75) is 18.4 Å². The van der Waals surface area contributed by atoms with Crippen LogP contribution in [0.25, 0.3) is 10.8 Å². The highest BCUT2D eigenvalue weighted by Crippen LogP contribution is 2.28. The lowest BCUT2D eigenvalue weighted by Gasteiger charge is -2.17. The normalized spacial score (nSPS) is 11.9. The second kappa shape index (κ2) is 13.9. The van der Waals surface area contributed by atoms with Gasteiger partial charge in [0.15, 0.2) is 0 Å². The summed E-state index contributed by atoms with van der Waals surface area (Å²) in [4.78, 5) is 0. The molecular formula is C26H33FO4. The number of hydrogen-bond donors (Lipinski definition) is 0. The van der Waals surface area contributed by atoms with Crippen molar-refractivity contribution < 1.29 is 23.3 Å². The number of halogens is 1. The van der Waals surface area contributed by atoms with Gasteiger partial charge in [0, 0.05) is 47.4 Å². The van der Waals surface area contributed by atoms with Crippen molar-refractivity contribution in [3.8, 4) is 0 Å². The van der Waals surface area contributed by atoms with E-state index >= 15 is 0 Å². The average Bonchev–Trinajstić information content (AvgIpc) is 2.80. The standard InChI is InChI=1S/C15H18O2.C11H15FO2/c1-16-11-10-15(17-2)14-9-5-7-12-6-3-4-8-13(12)14;1-13-7-10(8-14-2)9-3-5-11(12)6-4-9/h3-9,15H,10-11H2,1-2H3;3-6,10H,7-8H2,1-2H3. The molecule has 4 nitrogen and oxygen atoms in total. The summed E-state index contributed by atoms with van der Waals surface area (Å²) in [6.07, 6.45) is 0.974. The third-order valence-corrected chi connectivity index (χ3v) is 5.12. The Hall–Kier alpha value is -2.31. The van der Waals surface area contributed by atoms with E-state index in [2.05, 4.69) is 42.5 Å². The van der Waals surface area contributed by atoms with Crippen molar-refractivity contribution in [3.05, 3.63) is 83.7 Å². The molecule has 3 rings (SSSR count). The average molecular weight is 429 g/mol. The van der Waals surface area contributed by atoms with Gasteiger partial charge >= 0.3 is 0 Å². The van der Waals surface area contributed by atoms with E-state index in [4.69, 9.17) is 18.9 Å². The molecule has 0 spiro atoms. The van der Waals surface area contributed by atoms with Gasteiger partial charge in [-0.2, -0.15) is 0 Å². The SMILES string of the molecule is COCC(COC)c1ccc(F)cc1.COCCC(OC)c1cccc2ccccc12. The summed E-state index contributed by atoms with van der Waals surface area (Å²) in [5, 5.41) is 2.52. The Morgan fingerprint density at radius 1 is 0.742 bits per heavy atom. The largest absolute Gasteiger partial charge is 0.385 e. The highest BCUT2D eigenvalue weighted by molar-refractivity contribution is 5.85. The van der Waals surface area contributed by atoms with Crippen LogP contribution in [0.2, 0.25) is 0 Å². The molecule has 1 atom stereocenters. The van der Waals surface area contributed by atoms with Crippen LogP contribution < -0.4 is 0 Å². The number of benzene rings is 3. The number of methoxy groups -OCH3 is 4. The van der Waals surface area contributed by atoms with Gasteiger partial charge in [-0.3, -0.25) is 0 Å². The fraction of sp³-hybridized carbons (Fsp3) is 0.385. The van der Waals surface area contributed by atoms with E-state index in [1.165, 1.54) is 28.5 Å². The summed E-state index contributed by atoms with van der Waals surface area (Å²) in [5.41, 5.74) is 2.28. The number of hydrogen-bond acceptors (Lipinski definition) is 4. The molecule has 0 amide bonds. The van der Waals surface area contributed by atoms with Crippen molar-refractivity contribution in [1.29, 1.82) is 0 Å². The molecule has 1 unspecified atom stereocenters. The van der Waals surface area contributed by atoms with Crippen molar-refractivity contribution in [1.82, 2.24) is 0 Å². The van der Waals surface area contributed by atoms with Gasteiger partial charge in [0.1, 0.15) is 5.82 Å². The molecule has 3 aromatic rings. The van der Waals surface area contributed by atoms with Crippen LogP contribution >= 0.6 is 0 Å². The lowest BCUT2D eigenvalue weighted by Crippen LogP contribution is -2.12. The molecule has 0 radical (unpaired) electrons. The second-order valence-corrected chi connectivity index (χ2v) is 7.23. The number of rotatable bonds is 10. The first-order valence-corrected chi connectivity index (χ1v) is 10.4. The summed E-state index contributed by atoms with van der Waals surface area (Å²) in [5.74, 6) is -0.0482. The van der Waals surface area contributed by atoms with Crippen LogP contribution in [0.4, 0.5) is 4.39 Å². The highest BCUT2D eigenvalue weighted by atomic mass is 19.1. The van der Waals surface area contributed by atoms with Crippen LogP contribution in [-0.4, -0.2) is 48.3 Å². The first kappa shape index (κ1) is 25.0. The Labute approximate surface area is 184 Å². The van der Waals surface area contributed by atoms with Gasteiger partial charge in [0.2, 0.25) is 0 Å². The summed E-state index contributed by atoms with van der Waals surface area (Å²) < 4.78 is 33.5. The maximum Gasteiger partial charge on any atom is 0.123 e. The molecule has 3 aromatic carbocycles. The van der Waals surface area contributed by atoms with Crippen LogP contribution in [0, 0.1) is 5.82 Å². The minimum Gasteiger partial charge on any atom is -0.385 e. The van der Waals surface area contributed by atoms with E-state index in [1.54, 1.807) is 40.6 Å². The Balaban J connectivity index is 0.000000225. The van der Waals surface area contributed by atoms with Crippen LogP contribution in [0.1, 0.15) is 29.6 Å². The summed E-state index contributed by atoms with van der Waals surface area (Å²) in [7, 11) is 6.76. The van der Waals surface area contributed by atoms with E-state index < -0.39 is 0 Å². The zero-order chi connectivity index (χ0) is 22.5. The molecule has 0 aromatic heterocycles. The highest BCUT2D eigenvalue weighted by Gasteiger charge is 2.13. The molecule has 0 saturated heterocycles. The van der Waals surface area contributed by atoms with Gasteiger partial charge < -0.3 is 18.9 Å². The van der Waals surface area contributed by atoms with Crippen molar-refractivity contribution in [3.63, 3.8) is 0 Å². The third-order valence-electron chi connectivity index (χ3n) is 5.12. The van der Waals surface area contributed by atoms with Gasteiger partial charge in [-0.25, -0.2) is 4.39 Å². The topological polar surface area (TPSA) is 36.9 Å². The quantitative estimate of drug-likeness (QED) is 0.411.